The quantitative estimate of drug-likeness (QED) is 0.659. The Balaban J connectivity index is 1.69. The molecule has 0 aliphatic carbocycles. The minimum atomic E-state index is -0.368. The third-order valence-electron chi connectivity index (χ3n) is 3.29. The Hall–Kier alpha value is -2.58. The number of thiocarbonyl (C=S) groups is 1. The van der Waals surface area contributed by atoms with E-state index >= 15 is 0 Å². The van der Waals surface area contributed by atoms with Gasteiger partial charge in [0.2, 0.25) is 5.91 Å². The maximum absolute atomic E-state index is 13.0. The SMILES string of the molecule is O=C(CN1C(=O)C(=Cc2ccc(F)cc2)SC1=S)Nc1cccnc1. The fourth-order valence-corrected chi connectivity index (χ4v) is 3.38. The molecule has 2 heterocycles. The zero-order valence-corrected chi connectivity index (χ0v) is 14.4. The van der Waals surface area contributed by atoms with Crippen LogP contribution >= 0.6 is 24.0 Å². The Morgan fingerprint density at radius 3 is 2.76 bits per heavy atom. The second-order valence-electron chi connectivity index (χ2n) is 5.11. The molecule has 1 aliphatic rings. The molecule has 126 valence electrons. The summed E-state index contributed by atoms with van der Waals surface area (Å²) < 4.78 is 13.3. The number of carbonyl (C=O) groups is 2. The topological polar surface area (TPSA) is 62.3 Å². The molecule has 1 N–H and O–H groups in total. The van der Waals surface area contributed by atoms with Gasteiger partial charge in [0.05, 0.1) is 16.8 Å². The first-order chi connectivity index (χ1) is 12.0. The van der Waals surface area contributed by atoms with Crippen molar-refractivity contribution in [1.29, 1.82) is 0 Å². The highest BCUT2D eigenvalue weighted by Gasteiger charge is 2.33. The van der Waals surface area contributed by atoms with Crippen molar-refractivity contribution >= 4 is 51.9 Å². The Morgan fingerprint density at radius 2 is 2.08 bits per heavy atom. The lowest BCUT2D eigenvalue weighted by Gasteiger charge is -2.14. The van der Waals surface area contributed by atoms with Gasteiger partial charge in [-0.2, -0.15) is 0 Å². The van der Waals surface area contributed by atoms with E-state index in [4.69, 9.17) is 12.2 Å². The van der Waals surface area contributed by atoms with Crippen molar-refractivity contribution in [2.45, 2.75) is 0 Å². The highest BCUT2D eigenvalue weighted by molar-refractivity contribution is 8.26. The zero-order chi connectivity index (χ0) is 17.8. The third kappa shape index (κ3) is 4.28. The summed E-state index contributed by atoms with van der Waals surface area (Å²) in [6.45, 7) is -0.180. The predicted molar refractivity (Wildman–Crippen MR) is 99.1 cm³/mol. The number of carbonyl (C=O) groups excluding carboxylic acids is 2. The monoisotopic (exact) mass is 373 g/mol. The lowest BCUT2D eigenvalue weighted by molar-refractivity contribution is -0.126. The van der Waals surface area contributed by atoms with E-state index in [9.17, 15) is 14.0 Å². The predicted octanol–water partition coefficient (Wildman–Crippen LogP) is 3.06. The standard InChI is InChI=1S/C17H12FN3O2S2/c18-12-5-3-11(4-6-12)8-14-16(23)21(17(24)25-14)10-15(22)20-13-2-1-7-19-9-13/h1-9H,10H2,(H,20,22). The molecule has 0 saturated carbocycles. The summed E-state index contributed by atoms with van der Waals surface area (Å²) in [4.78, 5) is 30.1. The largest absolute Gasteiger partial charge is 0.323 e. The van der Waals surface area contributed by atoms with Gasteiger partial charge < -0.3 is 5.32 Å². The molecule has 0 atom stereocenters. The van der Waals surface area contributed by atoms with Gasteiger partial charge in [0.25, 0.3) is 5.91 Å². The van der Waals surface area contributed by atoms with Crippen LogP contribution in [0.2, 0.25) is 0 Å². The van der Waals surface area contributed by atoms with Crippen LogP contribution in [0.5, 0.6) is 0 Å². The maximum Gasteiger partial charge on any atom is 0.266 e. The van der Waals surface area contributed by atoms with Gasteiger partial charge in [-0.3, -0.25) is 19.5 Å². The van der Waals surface area contributed by atoms with E-state index in [2.05, 4.69) is 10.3 Å². The number of halogens is 1. The van der Waals surface area contributed by atoms with Crippen LogP contribution in [0.3, 0.4) is 0 Å². The summed E-state index contributed by atoms with van der Waals surface area (Å²) in [7, 11) is 0. The average Bonchev–Trinajstić information content (AvgIpc) is 2.85. The molecule has 2 aromatic rings. The molecule has 1 fully saturated rings. The number of rotatable bonds is 4. The summed E-state index contributed by atoms with van der Waals surface area (Å²) in [6.07, 6.45) is 4.73. The van der Waals surface area contributed by atoms with Crippen LogP contribution in [0.1, 0.15) is 5.56 Å². The molecule has 1 aliphatic heterocycles. The van der Waals surface area contributed by atoms with Crippen molar-refractivity contribution in [2.75, 3.05) is 11.9 Å². The maximum atomic E-state index is 13.0. The minimum absolute atomic E-state index is 0.180. The average molecular weight is 373 g/mol. The second kappa shape index (κ2) is 7.54. The van der Waals surface area contributed by atoms with Crippen LogP contribution in [-0.2, 0) is 9.59 Å². The Bertz CT molecular complexity index is 854. The number of hydrogen-bond donors (Lipinski definition) is 1. The van der Waals surface area contributed by atoms with Crippen molar-refractivity contribution in [3.63, 3.8) is 0 Å². The number of nitrogens with zero attached hydrogens (tertiary/aromatic N) is 2. The van der Waals surface area contributed by atoms with E-state index in [1.54, 1.807) is 36.5 Å². The van der Waals surface area contributed by atoms with Gasteiger partial charge in [0.15, 0.2) is 0 Å². The first-order valence-electron chi connectivity index (χ1n) is 7.24. The number of aromatic nitrogens is 1. The third-order valence-corrected chi connectivity index (χ3v) is 4.67. The molecule has 0 radical (unpaired) electrons. The number of thioether (sulfide) groups is 1. The van der Waals surface area contributed by atoms with E-state index in [0.29, 0.717) is 20.5 Å². The summed E-state index contributed by atoms with van der Waals surface area (Å²) in [5.41, 5.74) is 1.22. The Labute approximate surface area is 152 Å². The van der Waals surface area contributed by atoms with Crippen LogP contribution in [0, 0.1) is 5.82 Å². The zero-order valence-electron chi connectivity index (χ0n) is 12.8. The van der Waals surface area contributed by atoms with Crippen molar-refractivity contribution < 1.29 is 14.0 Å². The summed E-state index contributed by atoms with van der Waals surface area (Å²) in [5.74, 6) is -1.07. The van der Waals surface area contributed by atoms with E-state index in [-0.39, 0.29) is 24.2 Å². The van der Waals surface area contributed by atoms with Gasteiger partial charge in [-0.15, -0.1) is 0 Å². The number of nitrogens with one attached hydrogen (secondary N) is 1. The second-order valence-corrected chi connectivity index (χ2v) is 6.79. The summed E-state index contributed by atoms with van der Waals surface area (Å²) in [6, 6.07) is 9.15. The molecule has 8 heteroatoms. The molecule has 0 bridgehead atoms. The molecular formula is C17H12FN3O2S2. The van der Waals surface area contributed by atoms with Crippen LogP contribution in [-0.4, -0.2) is 32.6 Å². The number of benzene rings is 1. The smallest absolute Gasteiger partial charge is 0.266 e. The number of amides is 2. The molecule has 0 unspecified atom stereocenters. The number of hydrogen-bond acceptors (Lipinski definition) is 5. The molecule has 1 saturated heterocycles. The van der Waals surface area contributed by atoms with Crippen molar-refractivity contribution in [3.05, 3.63) is 65.1 Å². The summed E-state index contributed by atoms with van der Waals surface area (Å²) in [5, 5.41) is 2.66. The van der Waals surface area contributed by atoms with Crippen LogP contribution in [0.25, 0.3) is 6.08 Å². The normalized spacial score (nSPS) is 15.7. The van der Waals surface area contributed by atoms with Crippen molar-refractivity contribution in [1.82, 2.24) is 9.88 Å². The van der Waals surface area contributed by atoms with Gasteiger partial charge in [0.1, 0.15) is 16.7 Å². The molecule has 1 aromatic heterocycles. The van der Waals surface area contributed by atoms with Gasteiger partial charge in [-0.25, -0.2) is 4.39 Å². The van der Waals surface area contributed by atoms with Crippen molar-refractivity contribution in [3.8, 4) is 0 Å². The molecule has 3 rings (SSSR count). The van der Waals surface area contributed by atoms with E-state index in [1.165, 1.54) is 23.2 Å². The van der Waals surface area contributed by atoms with E-state index in [1.807, 2.05) is 0 Å². The fourth-order valence-electron chi connectivity index (χ4n) is 2.13. The van der Waals surface area contributed by atoms with Crippen LogP contribution < -0.4 is 5.32 Å². The molecule has 25 heavy (non-hydrogen) atoms. The van der Waals surface area contributed by atoms with Gasteiger partial charge >= 0.3 is 0 Å². The molecule has 2 amide bonds. The highest BCUT2D eigenvalue weighted by atomic mass is 32.2. The van der Waals surface area contributed by atoms with Gasteiger partial charge in [-0.05, 0) is 35.9 Å². The number of pyridine rings is 1. The highest BCUT2D eigenvalue weighted by Crippen LogP contribution is 2.32. The molecule has 1 aromatic carbocycles. The minimum Gasteiger partial charge on any atom is -0.323 e. The van der Waals surface area contributed by atoms with E-state index < -0.39 is 0 Å². The molecular weight excluding hydrogens is 361 g/mol. The lowest BCUT2D eigenvalue weighted by atomic mass is 10.2. The van der Waals surface area contributed by atoms with Gasteiger partial charge in [-0.1, -0.05) is 36.1 Å². The first kappa shape index (κ1) is 17.2. The lowest BCUT2D eigenvalue weighted by Crippen LogP contribution is -2.36. The van der Waals surface area contributed by atoms with Crippen LogP contribution in [0.15, 0.2) is 53.7 Å². The molecule has 0 spiro atoms. The first-order valence-corrected chi connectivity index (χ1v) is 8.46. The Morgan fingerprint density at radius 1 is 1.32 bits per heavy atom. The summed E-state index contributed by atoms with van der Waals surface area (Å²) >= 11 is 6.30. The molecule has 5 nitrogen and oxygen atoms in total. The fraction of sp³-hybridized carbons (Fsp3) is 0.0588. The van der Waals surface area contributed by atoms with Crippen LogP contribution in [0.4, 0.5) is 10.1 Å². The van der Waals surface area contributed by atoms with E-state index in [0.717, 1.165) is 11.8 Å². The van der Waals surface area contributed by atoms with Gasteiger partial charge in [0, 0.05) is 6.20 Å². The number of anilines is 1. The Kier molecular flexibility index (Phi) is 5.20. The van der Waals surface area contributed by atoms with Crippen molar-refractivity contribution in [2.24, 2.45) is 0 Å².